The van der Waals surface area contributed by atoms with Crippen LogP contribution < -0.4 is 11.4 Å². The molecule has 2 rings (SSSR count). The summed E-state index contributed by atoms with van der Waals surface area (Å²) in [7, 11) is 0. The van der Waals surface area contributed by atoms with E-state index in [-0.39, 0.29) is 5.69 Å². The molecule has 2 aromatic rings. The zero-order chi connectivity index (χ0) is 13.1. The van der Waals surface area contributed by atoms with Gasteiger partial charge in [0.2, 0.25) is 0 Å². The van der Waals surface area contributed by atoms with Crippen molar-refractivity contribution in [1.82, 2.24) is 14.8 Å². The van der Waals surface area contributed by atoms with Gasteiger partial charge in [-0.1, -0.05) is 6.92 Å². The minimum Gasteiger partial charge on any atom is -0.399 e. The van der Waals surface area contributed by atoms with Crippen molar-refractivity contribution in [1.29, 1.82) is 0 Å². The van der Waals surface area contributed by atoms with Crippen molar-refractivity contribution >= 4 is 17.4 Å². The summed E-state index contributed by atoms with van der Waals surface area (Å²) in [5.41, 5.74) is 7.45. The van der Waals surface area contributed by atoms with Gasteiger partial charge in [0.1, 0.15) is 0 Å². The Hall–Kier alpha value is -1.69. The molecule has 0 saturated carbocycles. The highest BCUT2D eigenvalue weighted by atomic mass is 32.2. The van der Waals surface area contributed by atoms with E-state index in [0.717, 1.165) is 22.6 Å². The van der Waals surface area contributed by atoms with Crippen LogP contribution in [0.5, 0.6) is 0 Å². The van der Waals surface area contributed by atoms with Crippen molar-refractivity contribution in [3.63, 3.8) is 0 Å². The van der Waals surface area contributed by atoms with E-state index in [9.17, 15) is 4.79 Å². The fourth-order valence-corrected chi connectivity index (χ4v) is 2.77. The van der Waals surface area contributed by atoms with E-state index in [1.807, 2.05) is 32.0 Å². The summed E-state index contributed by atoms with van der Waals surface area (Å²) in [6.07, 6.45) is 0.892. The molecular formula is C12H16N4OS. The van der Waals surface area contributed by atoms with E-state index < -0.39 is 0 Å². The van der Waals surface area contributed by atoms with Crippen LogP contribution in [0.2, 0.25) is 0 Å². The number of hydrogen-bond donors (Lipinski definition) is 2. The van der Waals surface area contributed by atoms with Gasteiger partial charge in [-0.05, 0) is 48.9 Å². The Morgan fingerprint density at radius 3 is 2.89 bits per heavy atom. The maximum absolute atomic E-state index is 11.6. The Balaban J connectivity index is 2.31. The highest BCUT2D eigenvalue weighted by Gasteiger charge is 2.09. The second-order valence-electron chi connectivity index (χ2n) is 4.14. The summed E-state index contributed by atoms with van der Waals surface area (Å²) in [6, 6.07) is 5.82. The smallest absolute Gasteiger partial charge is 0.343 e. The lowest BCUT2D eigenvalue weighted by molar-refractivity contribution is 0.604. The van der Waals surface area contributed by atoms with Gasteiger partial charge >= 0.3 is 5.69 Å². The summed E-state index contributed by atoms with van der Waals surface area (Å²) in [5.74, 6) is 0. The Bertz CT molecular complexity index is 582. The van der Waals surface area contributed by atoms with E-state index in [1.54, 1.807) is 4.57 Å². The standard InChI is InChI=1S/C12H16N4OS/c1-3-4-16-11(17)14-15-12(16)18-10-6-8(2)5-9(13)7-10/h5-7H,3-4,13H2,1-2H3,(H,14,17). The molecule has 0 radical (unpaired) electrons. The Kier molecular flexibility index (Phi) is 3.76. The molecule has 1 aromatic heterocycles. The number of benzene rings is 1. The molecule has 0 aliphatic heterocycles. The third-order valence-corrected chi connectivity index (χ3v) is 3.42. The molecule has 0 spiro atoms. The number of nitrogen functional groups attached to an aromatic ring is 1. The molecule has 0 bridgehead atoms. The topological polar surface area (TPSA) is 76.7 Å². The van der Waals surface area contributed by atoms with Gasteiger partial charge in [-0.15, -0.1) is 5.10 Å². The number of nitrogens with zero attached hydrogens (tertiary/aromatic N) is 2. The molecule has 0 aliphatic carbocycles. The van der Waals surface area contributed by atoms with Gasteiger partial charge in [0.15, 0.2) is 5.16 Å². The number of nitrogens with two attached hydrogens (primary N) is 1. The number of aryl methyl sites for hydroxylation is 1. The lowest BCUT2D eigenvalue weighted by Gasteiger charge is -2.05. The summed E-state index contributed by atoms with van der Waals surface area (Å²) in [4.78, 5) is 12.6. The predicted octanol–water partition coefficient (Wildman–Crippen LogP) is 2.02. The fourth-order valence-electron chi connectivity index (χ4n) is 1.74. The maximum Gasteiger partial charge on any atom is 0.343 e. The third-order valence-electron chi connectivity index (χ3n) is 2.45. The van der Waals surface area contributed by atoms with Crippen LogP contribution in [0.1, 0.15) is 18.9 Å². The fraction of sp³-hybridized carbons (Fsp3) is 0.333. The molecule has 6 heteroatoms. The second-order valence-corrected chi connectivity index (χ2v) is 5.19. The van der Waals surface area contributed by atoms with Crippen molar-refractivity contribution in [2.75, 3.05) is 5.73 Å². The van der Waals surface area contributed by atoms with Crippen LogP contribution in [0.25, 0.3) is 0 Å². The molecule has 1 aromatic carbocycles. The number of H-pyrrole nitrogens is 1. The quantitative estimate of drug-likeness (QED) is 0.828. The largest absolute Gasteiger partial charge is 0.399 e. The normalized spacial score (nSPS) is 10.8. The first-order valence-electron chi connectivity index (χ1n) is 5.80. The van der Waals surface area contributed by atoms with Crippen LogP contribution in [0.4, 0.5) is 5.69 Å². The van der Waals surface area contributed by atoms with E-state index in [1.165, 1.54) is 11.8 Å². The molecule has 0 fully saturated rings. The molecule has 0 amide bonds. The Labute approximate surface area is 109 Å². The average molecular weight is 264 g/mol. The van der Waals surface area contributed by atoms with Crippen LogP contribution in [0.3, 0.4) is 0 Å². The lowest BCUT2D eigenvalue weighted by atomic mass is 10.2. The van der Waals surface area contributed by atoms with E-state index >= 15 is 0 Å². The van der Waals surface area contributed by atoms with Crippen LogP contribution in [-0.2, 0) is 6.54 Å². The molecule has 5 nitrogen and oxygen atoms in total. The predicted molar refractivity (Wildman–Crippen MR) is 72.9 cm³/mol. The summed E-state index contributed by atoms with van der Waals surface area (Å²) >= 11 is 1.44. The molecule has 0 aliphatic rings. The van der Waals surface area contributed by atoms with Crippen molar-refractivity contribution in [2.45, 2.75) is 36.9 Å². The highest BCUT2D eigenvalue weighted by molar-refractivity contribution is 7.99. The number of anilines is 1. The first-order chi connectivity index (χ1) is 8.60. The number of rotatable bonds is 4. The minimum absolute atomic E-state index is 0.167. The Morgan fingerprint density at radius 2 is 2.22 bits per heavy atom. The first-order valence-corrected chi connectivity index (χ1v) is 6.62. The van der Waals surface area contributed by atoms with Gasteiger partial charge in [0.25, 0.3) is 0 Å². The lowest BCUT2D eigenvalue weighted by Crippen LogP contribution is -2.17. The molecule has 96 valence electrons. The molecular weight excluding hydrogens is 248 g/mol. The summed E-state index contributed by atoms with van der Waals surface area (Å²) < 4.78 is 1.64. The van der Waals surface area contributed by atoms with Crippen molar-refractivity contribution in [3.05, 3.63) is 34.2 Å². The molecule has 0 saturated heterocycles. The van der Waals surface area contributed by atoms with Crippen LogP contribution in [0.15, 0.2) is 33.0 Å². The second kappa shape index (κ2) is 5.30. The number of nitrogens with one attached hydrogen (secondary N) is 1. The van der Waals surface area contributed by atoms with Gasteiger partial charge in [-0.2, -0.15) is 0 Å². The van der Waals surface area contributed by atoms with Gasteiger partial charge < -0.3 is 5.73 Å². The number of aromatic amines is 1. The summed E-state index contributed by atoms with van der Waals surface area (Å²) in [6.45, 7) is 4.68. The van der Waals surface area contributed by atoms with Crippen LogP contribution in [0, 0.1) is 6.92 Å². The van der Waals surface area contributed by atoms with Crippen LogP contribution >= 0.6 is 11.8 Å². The van der Waals surface area contributed by atoms with Crippen molar-refractivity contribution in [2.24, 2.45) is 0 Å². The SMILES string of the molecule is CCCn1c(Sc2cc(C)cc(N)c2)n[nH]c1=O. The zero-order valence-corrected chi connectivity index (χ0v) is 11.3. The van der Waals surface area contributed by atoms with Crippen molar-refractivity contribution in [3.8, 4) is 0 Å². The van der Waals surface area contributed by atoms with E-state index in [0.29, 0.717) is 11.7 Å². The molecule has 1 heterocycles. The third kappa shape index (κ3) is 2.76. The monoisotopic (exact) mass is 264 g/mol. The van der Waals surface area contributed by atoms with Crippen molar-refractivity contribution < 1.29 is 0 Å². The molecule has 0 unspecified atom stereocenters. The first kappa shape index (κ1) is 12.8. The van der Waals surface area contributed by atoms with E-state index in [2.05, 4.69) is 10.2 Å². The van der Waals surface area contributed by atoms with Gasteiger partial charge in [0, 0.05) is 17.1 Å². The highest BCUT2D eigenvalue weighted by Crippen LogP contribution is 2.27. The molecule has 0 atom stereocenters. The van der Waals surface area contributed by atoms with Gasteiger partial charge in [-0.3, -0.25) is 4.57 Å². The number of aromatic nitrogens is 3. The van der Waals surface area contributed by atoms with E-state index in [4.69, 9.17) is 5.73 Å². The van der Waals surface area contributed by atoms with Gasteiger partial charge in [-0.25, -0.2) is 9.89 Å². The van der Waals surface area contributed by atoms with Gasteiger partial charge in [0.05, 0.1) is 0 Å². The Morgan fingerprint density at radius 1 is 1.44 bits per heavy atom. The average Bonchev–Trinajstić information content (AvgIpc) is 2.60. The van der Waals surface area contributed by atoms with Crippen LogP contribution in [-0.4, -0.2) is 14.8 Å². The molecule has 3 N–H and O–H groups in total. The molecule has 18 heavy (non-hydrogen) atoms. The zero-order valence-electron chi connectivity index (χ0n) is 10.4. The summed E-state index contributed by atoms with van der Waals surface area (Å²) in [5, 5.41) is 7.19. The number of hydrogen-bond acceptors (Lipinski definition) is 4. The maximum atomic E-state index is 11.6. The minimum atomic E-state index is -0.167.